The van der Waals surface area contributed by atoms with Gasteiger partial charge in [-0.15, -0.1) is 0 Å². The lowest BCUT2D eigenvalue weighted by Gasteiger charge is -2.07. The van der Waals surface area contributed by atoms with Gasteiger partial charge in [-0.3, -0.25) is 10.0 Å². The number of hydrogen-bond donors (Lipinski definition) is 2. The summed E-state index contributed by atoms with van der Waals surface area (Å²) >= 11 is 5.95. The molecule has 10 heteroatoms. The van der Waals surface area contributed by atoms with Crippen LogP contribution in [0.4, 0.5) is 0 Å². The van der Waals surface area contributed by atoms with E-state index in [-0.39, 0.29) is 35.0 Å². The summed E-state index contributed by atoms with van der Waals surface area (Å²) in [4.78, 5) is 16.0. The van der Waals surface area contributed by atoms with E-state index in [1.807, 2.05) is 0 Å². The number of hydrogen-bond acceptors (Lipinski definition) is 6. The van der Waals surface area contributed by atoms with Crippen molar-refractivity contribution < 1.29 is 22.8 Å². The van der Waals surface area contributed by atoms with Crippen molar-refractivity contribution in [3.05, 3.63) is 59.4 Å². The number of nitrogens with zero attached hydrogens (tertiary/aromatic N) is 2. The summed E-state index contributed by atoms with van der Waals surface area (Å²) in [5.74, 6) is -0.0937. The van der Waals surface area contributed by atoms with E-state index < -0.39 is 15.9 Å². The van der Waals surface area contributed by atoms with Crippen LogP contribution in [0.25, 0.3) is 22.6 Å². The third kappa shape index (κ3) is 4.83. The summed E-state index contributed by atoms with van der Waals surface area (Å²) in [5, 5.41) is 15.6. The van der Waals surface area contributed by atoms with Crippen LogP contribution in [-0.4, -0.2) is 36.6 Å². The maximum Gasteiger partial charge on any atom is 0.246 e. The van der Waals surface area contributed by atoms with Gasteiger partial charge >= 0.3 is 0 Å². The number of rotatable bonds is 6. The molecule has 0 aliphatic heterocycles. The predicted octanol–water partition coefficient (Wildman–Crippen LogP) is 3.09. The van der Waals surface area contributed by atoms with Crippen molar-refractivity contribution in [3.8, 4) is 22.6 Å². The molecule has 0 aliphatic rings. The Labute approximate surface area is 172 Å². The van der Waals surface area contributed by atoms with Gasteiger partial charge in [0.15, 0.2) is 11.7 Å². The largest absolute Gasteiger partial charge is 0.440 e. The molecule has 1 aromatic heterocycles. The highest BCUT2D eigenvalue weighted by Gasteiger charge is 2.23. The van der Waals surface area contributed by atoms with Gasteiger partial charge in [0.1, 0.15) is 5.69 Å². The van der Waals surface area contributed by atoms with Gasteiger partial charge in [0.25, 0.3) is 0 Å². The summed E-state index contributed by atoms with van der Waals surface area (Å²) < 4.78 is 29.9. The standard InChI is InChI=1S/C19H18ClN3O5S/c1-23(25)17(24)11-10-16-22-18(12-6-8-13(20)9-7-12)19(28-16)14-4-2-3-5-15(14)29(21,26)27/h2-9,25H,10-11H2,1H3,(H2,21,26,27). The van der Waals surface area contributed by atoms with Crippen LogP contribution >= 0.6 is 11.6 Å². The van der Waals surface area contributed by atoms with Gasteiger partial charge in [-0.2, -0.15) is 0 Å². The molecule has 0 atom stereocenters. The first-order valence-corrected chi connectivity index (χ1v) is 10.4. The third-order valence-corrected chi connectivity index (χ3v) is 5.36. The van der Waals surface area contributed by atoms with Gasteiger partial charge in [0.05, 0.1) is 4.90 Å². The van der Waals surface area contributed by atoms with Crippen LogP contribution in [-0.2, 0) is 21.2 Å². The molecule has 0 unspecified atom stereocenters. The minimum Gasteiger partial charge on any atom is -0.440 e. The Bertz CT molecular complexity index is 1140. The maximum absolute atomic E-state index is 12.0. The predicted molar refractivity (Wildman–Crippen MR) is 107 cm³/mol. The van der Waals surface area contributed by atoms with E-state index in [0.717, 1.165) is 0 Å². The number of halogens is 1. The molecule has 0 fully saturated rings. The number of aryl methyl sites for hydroxylation is 1. The van der Waals surface area contributed by atoms with Gasteiger partial charge in [-0.05, 0) is 24.3 Å². The topological polar surface area (TPSA) is 127 Å². The molecule has 1 amide bonds. The Morgan fingerprint density at radius 2 is 1.86 bits per heavy atom. The molecular formula is C19H18ClN3O5S. The summed E-state index contributed by atoms with van der Waals surface area (Å²) in [6, 6.07) is 12.9. The van der Waals surface area contributed by atoms with Crippen molar-refractivity contribution in [1.82, 2.24) is 10.0 Å². The lowest BCUT2D eigenvalue weighted by Crippen LogP contribution is -2.22. The Morgan fingerprint density at radius 1 is 1.21 bits per heavy atom. The number of oxazole rings is 1. The second-order valence-corrected chi connectivity index (χ2v) is 8.22. The molecule has 0 bridgehead atoms. The average molecular weight is 436 g/mol. The zero-order chi connectivity index (χ0) is 21.2. The van der Waals surface area contributed by atoms with Crippen LogP contribution < -0.4 is 5.14 Å². The molecule has 0 spiro atoms. The van der Waals surface area contributed by atoms with E-state index in [9.17, 15) is 18.4 Å². The first-order valence-electron chi connectivity index (χ1n) is 8.50. The van der Waals surface area contributed by atoms with Crippen molar-refractivity contribution in [2.24, 2.45) is 5.14 Å². The van der Waals surface area contributed by atoms with Crippen molar-refractivity contribution in [3.63, 3.8) is 0 Å². The van der Waals surface area contributed by atoms with Crippen LogP contribution in [0.3, 0.4) is 0 Å². The van der Waals surface area contributed by atoms with E-state index >= 15 is 0 Å². The molecule has 0 radical (unpaired) electrons. The van der Waals surface area contributed by atoms with Crippen molar-refractivity contribution in [2.45, 2.75) is 17.7 Å². The molecule has 3 rings (SSSR count). The first kappa shape index (κ1) is 21.0. The Kier molecular flexibility index (Phi) is 6.04. The number of nitrogens with two attached hydrogens (primary N) is 1. The van der Waals surface area contributed by atoms with Crippen LogP contribution in [0.5, 0.6) is 0 Å². The number of primary sulfonamides is 1. The molecule has 0 saturated heterocycles. The molecule has 2 aromatic carbocycles. The lowest BCUT2D eigenvalue weighted by atomic mass is 10.1. The molecular weight excluding hydrogens is 418 g/mol. The van der Waals surface area contributed by atoms with E-state index in [4.69, 9.17) is 21.2 Å². The summed E-state index contributed by atoms with van der Waals surface area (Å²) in [5.41, 5.74) is 1.29. The second-order valence-electron chi connectivity index (χ2n) is 6.25. The number of benzene rings is 2. The molecule has 152 valence electrons. The van der Waals surface area contributed by atoms with E-state index in [1.54, 1.807) is 42.5 Å². The summed E-state index contributed by atoms with van der Waals surface area (Å²) in [6.07, 6.45) is 0.0751. The molecule has 3 N–H and O–H groups in total. The Balaban J connectivity index is 2.13. The lowest BCUT2D eigenvalue weighted by molar-refractivity contribution is -0.159. The zero-order valence-electron chi connectivity index (χ0n) is 15.4. The quantitative estimate of drug-likeness (QED) is 0.452. The fraction of sp³-hybridized carbons (Fsp3) is 0.158. The van der Waals surface area contributed by atoms with Crippen molar-refractivity contribution >= 4 is 27.5 Å². The summed E-state index contributed by atoms with van der Waals surface area (Å²) in [6.45, 7) is 0. The first-order chi connectivity index (χ1) is 13.7. The van der Waals surface area contributed by atoms with E-state index in [2.05, 4.69) is 4.98 Å². The highest BCUT2D eigenvalue weighted by atomic mass is 35.5. The number of carbonyl (C=O) groups excluding carboxylic acids is 1. The maximum atomic E-state index is 12.0. The molecule has 0 saturated carbocycles. The van der Waals surface area contributed by atoms with Gasteiger partial charge in [0.2, 0.25) is 15.9 Å². The highest BCUT2D eigenvalue weighted by molar-refractivity contribution is 7.89. The SMILES string of the molecule is CN(O)C(=O)CCc1nc(-c2ccc(Cl)cc2)c(-c2ccccc2S(N)(=O)=O)o1. The monoisotopic (exact) mass is 435 g/mol. The molecule has 1 heterocycles. The Morgan fingerprint density at radius 3 is 2.48 bits per heavy atom. The smallest absolute Gasteiger partial charge is 0.246 e. The zero-order valence-corrected chi connectivity index (χ0v) is 16.9. The fourth-order valence-electron chi connectivity index (χ4n) is 2.74. The van der Waals surface area contributed by atoms with Crippen molar-refractivity contribution in [2.75, 3.05) is 7.05 Å². The van der Waals surface area contributed by atoms with Gasteiger partial charge in [0, 0.05) is 36.0 Å². The Hall–Kier alpha value is -2.72. The molecule has 8 nitrogen and oxygen atoms in total. The van der Waals surface area contributed by atoms with Crippen LogP contribution in [0.1, 0.15) is 12.3 Å². The normalized spacial score (nSPS) is 11.4. The number of aromatic nitrogens is 1. The van der Waals surface area contributed by atoms with Gasteiger partial charge < -0.3 is 4.42 Å². The average Bonchev–Trinajstić information content (AvgIpc) is 3.10. The fourth-order valence-corrected chi connectivity index (χ4v) is 3.60. The number of sulfonamides is 1. The van der Waals surface area contributed by atoms with Crippen molar-refractivity contribution in [1.29, 1.82) is 0 Å². The number of amides is 1. The second kappa shape index (κ2) is 8.34. The molecule has 3 aromatic rings. The van der Waals surface area contributed by atoms with Gasteiger partial charge in [-0.1, -0.05) is 35.9 Å². The third-order valence-electron chi connectivity index (χ3n) is 4.14. The minimum absolute atomic E-state index is 0.0379. The van der Waals surface area contributed by atoms with Crippen LogP contribution in [0.2, 0.25) is 5.02 Å². The minimum atomic E-state index is -4.02. The van der Waals surface area contributed by atoms with E-state index in [1.165, 1.54) is 13.1 Å². The van der Waals surface area contributed by atoms with Crippen LogP contribution in [0.15, 0.2) is 57.8 Å². The van der Waals surface area contributed by atoms with E-state index in [0.29, 0.717) is 21.3 Å². The summed E-state index contributed by atoms with van der Waals surface area (Å²) in [7, 11) is -2.79. The number of hydroxylamine groups is 2. The van der Waals surface area contributed by atoms with Gasteiger partial charge in [-0.25, -0.2) is 23.6 Å². The number of carbonyl (C=O) groups is 1. The molecule has 29 heavy (non-hydrogen) atoms. The van der Waals surface area contributed by atoms with Crippen LogP contribution in [0, 0.1) is 0 Å². The molecule has 0 aliphatic carbocycles. The highest BCUT2D eigenvalue weighted by Crippen LogP contribution is 2.36.